The second-order valence-corrected chi connectivity index (χ2v) is 5.13. The molecule has 1 aromatic carbocycles. The van der Waals surface area contributed by atoms with Crippen LogP contribution in [0.15, 0.2) is 36.0 Å². The van der Waals surface area contributed by atoms with Crippen LogP contribution in [0.5, 0.6) is 0 Å². The predicted octanol–water partition coefficient (Wildman–Crippen LogP) is 1.50. The van der Waals surface area contributed by atoms with Gasteiger partial charge in [-0.2, -0.15) is 0 Å². The van der Waals surface area contributed by atoms with Crippen molar-refractivity contribution in [3.05, 3.63) is 41.0 Å². The highest BCUT2D eigenvalue weighted by Crippen LogP contribution is 2.24. The van der Waals surface area contributed by atoms with Gasteiger partial charge in [-0.15, -0.1) is 16.4 Å². The van der Waals surface area contributed by atoms with Crippen molar-refractivity contribution in [1.82, 2.24) is 25.2 Å². The van der Waals surface area contributed by atoms with E-state index in [1.54, 1.807) is 4.68 Å². The maximum absolute atomic E-state index is 11.3. The van der Waals surface area contributed by atoms with Gasteiger partial charge in [0, 0.05) is 10.9 Å². The molecule has 0 aliphatic heterocycles. The molecule has 0 unspecified atom stereocenters. The summed E-state index contributed by atoms with van der Waals surface area (Å²) in [6.45, 7) is 0. The monoisotopic (exact) mass is 301 g/mol. The van der Waals surface area contributed by atoms with Crippen LogP contribution in [0.25, 0.3) is 16.9 Å². The van der Waals surface area contributed by atoms with Crippen LogP contribution in [0.3, 0.4) is 0 Å². The Kier molecular flexibility index (Phi) is 3.69. The first-order valence-corrected chi connectivity index (χ1v) is 6.99. The van der Waals surface area contributed by atoms with Crippen LogP contribution in [0.2, 0.25) is 0 Å². The molecule has 0 fully saturated rings. The molecule has 0 saturated heterocycles. The lowest BCUT2D eigenvalue weighted by molar-refractivity contribution is -0.139. The van der Waals surface area contributed by atoms with E-state index in [4.69, 9.17) is 0 Å². The molecule has 0 spiro atoms. The summed E-state index contributed by atoms with van der Waals surface area (Å²) < 4.78 is 6.21. The third-order valence-corrected chi connectivity index (χ3v) is 3.68. The standard InChI is InChI=1S/C13H11N5O2S/c1-20-13(19)6-12-15-11(7-21-12)9-3-2-4-10(5-9)18-8-14-16-17-18/h2-5,7-8H,6H2,1H3. The number of aromatic nitrogens is 5. The largest absolute Gasteiger partial charge is 0.469 e. The Labute approximate surface area is 124 Å². The highest BCUT2D eigenvalue weighted by atomic mass is 32.1. The summed E-state index contributed by atoms with van der Waals surface area (Å²) in [5.41, 5.74) is 2.60. The highest BCUT2D eigenvalue weighted by molar-refractivity contribution is 7.10. The number of hydrogen-bond donors (Lipinski definition) is 0. The Bertz CT molecular complexity index is 754. The number of thiazole rings is 1. The van der Waals surface area contributed by atoms with Crippen molar-refractivity contribution in [2.24, 2.45) is 0 Å². The number of tetrazole rings is 1. The van der Waals surface area contributed by atoms with Gasteiger partial charge in [0.05, 0.1) is 24.9 Å². The second kappa shape index (κ2) is 5.80. The van der Waals surface area contributed by atoms with Crippen LogP contribution in [-0.4, -0.2) is 38.3 Å². The second-order valence-electron chi connectivity index (χ2n) is 4.18. The predicted molar refractivity (Wildman–Crippen MR) is 76.0 cm³/mol. The molecule has 2 aromatic heterocycles. The summed E-state index contributed by atoms with van der Waals surface area (Å²) in [7, 11) is 1.37. The summed E-state index contributed by atoms with van der Waals surface area (Å²) in [5, 5.41) is 13.7. The number of benzene rings is 1. The number of carbonyl (C=O) groups excluding carboxylic acids is 1. The third kappa shape index (κ3) is 2.95. The summed E-state index contributed by atoms with van der Waals surface area (Å²) in [6, 6.07) is 7.70. The smallest absolute Gasteiger partial charge is 0.312 e. The number of esters is 1. The maximum atomic E-state index is 11.3. The fraction of sp³-hybridized carbons (Fsp3) is 0.154. The lowest BCUT2D eigenvalue weighted by Gasteiger charge is -2.01. The third-order valence-electron chi connectivity index (χ3n) is 2.83. The van der Waals surface area contributed by atoms with Gasteiger partial charge in [0.15, 0.2) is 0 Å². The molecule has 0 aliphatic carbocycles. The van der Waals surface area contributed by atoms with Gasteiger partial charge < -0.3 is 4.74 Å². The minimum atomic E-state index is -0.293. The van der Waals surface area contributed by atoms with E-state index in [1.165, 1.54) is 24.8 Å². The molecule has 0 saturated carbocycles. The summed E-state index contributed by atoms with van der Waals surface area (Å²) in [4.78, 5) is 15.7. The molecule has 7 nitrogen and oxygen atoms in total. The number of rotatable bonds is 4. The molecule has 0 radical (unpaired) electrons. The minimum Gasteiger partial charge on any atom is -0.469 e. The molecule has 0 atom stereocenters. The Morgan fingerprint density at radius 3 is 3.10 bits per heavy atom. The lowest BCUT2D eigenvalue weighted by Crippen LogP contribution is -2.03. The van der Waals surface area contributed by atoms with E-state index < -0.39 is 0 Å². The van der Waals surface area contributed by atoms with Crippen molar-refractivity contribution in [3.63, 3.8) is 0 Å². The van der Waals surface area contributed by atoms with Crippen LogP contribution in [-0.2, 0) is 16.0 Å². The van der Waals surface area contributed by atoms with E-state index in [0.29, 0.717) is 0 Å². The van der Waals surface area contributed by atoms with E-state index in [9.17, 15) is 4.79 Å². The van der Waals surface area contributed by atoms with Gasteiger partial charge in [-0.1, -0.05) is 12.1 Å². The number of ether oxygens (including phenoxy) is 1. The highest BCUT2D eigenvalue weighted by Gasteiger charge is 2.10. The molecule has 8 heteroatoms. The molecule has 21 heavy (non-hydrogen) atoms. The van der Waals surface area contributed by atoms with Crippen LogP contribution >= 0.6 is 11.3 Å². The minimum absolute atomic E-state index is 0.188. The van der Waals surface area contributed by atoms with Gasteiger partial charge in [-0.05, 0) is 22.6 Å². The summed E-state index contributed by atoms with van der Waals surface area (Å²) in [5.74, 6) is -0.293. The molecule has 0 N–H and O–H groups in total. The molecule has 0 amide bonds. The zero-order chi connectivity index (χ0) is 14.7. The van der Waals surface area contributed by atoms with Crippen molar-refractivity contribution < 1.29 is 9.53 Å². The zero-order valence-electron chi connectivity index (χ0n) is 11.1. The van der Waals surface area contributed by atoms with Crippen molar-refractivity contribution in [2.45, 2.75) is 6.42 Å². The van der Waals surface area contributed by atoms with Gasteiger partial charge in [-0.25, -0.2) is 9.67 Å². The van der Waals surface area contributed by atoms with Gasteiger partial charge in [0.2, 0.25) is 0 Å². The lowest BCUT2D eigenvalue weighted by atomic mass is 10.1. The van der Waals surface area contributed by atoms with Crippen LogP contribution < -0.4 is 0 Å². The Morgan fingerprint density at radius 1 is 1.43 bits per heavy atom. The summed E-state index contributed by atoms with van der Waals surface area (Å²) in [6.07, 6.45) is 1.72. The normalized spacial score (nSPS) is 10.5. The van der Waals surface area contributed by atoms with Gasteiger partial charge in [0.25, 0.3) is 0 Å². The number of methoxy groups -OCH3 is 1. The van der Waals surface area contributed by atoms with Gasteiger partial charge in [-0.3, -0.25) is 4.79 Å². The quantitative estimate of drug-likeness (QED) is 0.679. The van der Waals surface area contributed by atoms with Crippen LogP contribution in [0, 0.1) is 0 Å². The van der Waals surface area contributed by atoms with Crippen molar-refractivity contribution >= 4 is 17.3 Å². The first-order valence-electron chi connectivity index (χ1n) is 6.11. The molecule has 2 heterocycles. The fourth-order valence-corrected chi connectivity index (χ4v) is 2.60. The maximum Gasteiger partial charge on any atom is 0.312 e. The molecule has 3 rings (SSSR count). The van der Waals surface area contributed by atoms with Crippen molar-refractivity contribution in [1.29, 1.82) is 0 Å². The van der Waals surface area contributed by atoms with Gasteiger partial charge >= 0.3 is 5.97 Å². The molecular formula is C13H11N5O2S. The molecular weight excluding hydrogens is 290 g/mol. The van der Waals surface area contributed by atoms with E-state index >= 15 is 0 Å². The van der Waals surface area contributed by atoms with E-state index in [-0.39, 0.29) is 12.4 Å². The molecule has 3 aromatic rings. The number of hydrogen-bond acceptors (Lipinski definition) is 7. The average Bonchev–Trinajstić information content (AvgIpc) is 3.19. The van der Waals surface area contributed by atoms with E-state index in [1.807, 2.05) is 29.6 Å². The van der Waals surface area contributed by atoms with E-state index in [0.717, 1.165) is 22.0 Å². The molecule has 106 valence electrons. The van der Waals surface area contributed by atoms with E-state index in [2.05, 4.69) is 25.2 Å². The van der Waals surface area contributed by atoms with Crippen molar-refractivity contribution in [2.75, 3.05) is 7.11 Å². The Balaban J connectivity index is 1.87. The average molecular weight is 301 g/mol. The van der Waals surface area contributed by atoms with Gasteiger partial charge in [0.1, 0.15) is 11.3 Å². The Morgan fingerprint density at radius 2 is 2.33 bits per heavy atom. The van der Waals surface area contributed by atoms with Crippen LogP contribution in [0.4, 0.5) is 0 Å². The topological polar surface area (TPSA) is 82.8 Å². The molecule has 0 bridgehead atoms. The van der Waals surface area contributed by atoms with Crippen LogP contribution in [0.1, 0.15) is 5.01 Å². The fourth-order valence-electron chi connectivity index (χ4n) is 1.81. The SMILES string of the molecule is COC(=O)Cc1nc(-c2cccc(-n3cnnn3)c2)cs1. The number of carbonyl (C=O) groups is 1. The number of nitrogens with zero attached hydrogens (tertiary/aromatic N) is 5. The summed E-state index contributed by atoms with van der Waals surface area (Å²) >= 11 is 1.43. The van der Waals surface area contributed by atoms with Crippen molar-refractivity contribution in [3.8, 4) is 16.9 Å². The zero-order valence-corrected chi connectivity index (χ0v) is 11.9. The first kappa shape index (κ1) is 13.4. The molecule has 0 aliphatic rings. The Hall–Kier alpha value is -2.61. The first-order chi connectivity index (χ1) is 10.3.